The summed E-state index contributed by atoms with van der Waals surface area (Å²) < 4.78 is 65.7. The van der Waals surface area contributed by atoms with E-state index in [0.717, 1.165) is 30.3 Å². The monoisotopic (exact) mass is 473 g/mol. The molecule has 174 valence electrons. The Morgan fingerprint density at radius 3 is 2.09 bits per heavy atom. The Labute approximate surface area is 183 Å². The van der Waals surface area contributed by atoms with Crippen LogP contribution in [0.5, 0.6) is 0 Å². The molecule has 0 aliphatic rings. The van der Waals surface area contributed by atoms with Gasteiger partial charge in [-0.3, -0.25) is 14.9 Å². The summed E-state index contributed by atoms with van der Waals surface area (Å²) in [6, 6.07) is 9.75. The van der Waals surface area contributed by atoms with Gasteiger partial charge in [0.2, 0.25) is 10.0 Å². The lowest BCUT2D eigenvalue weighted by atomic mass is 10.1. The number of halogens is 3. The van der Waals surface area contributed by atoms with Crippen LogP contribution in [0.2, 0.25) is 0 Å². The highest BCUT2D eigenvalue weighted by Crippen LogP contribution is 2.25. The van der Waals surface area contributed by atoms with Crippen molar-refractivity contribution in [3.05, 3.63) is 69.8 Å². The van der Waals surface area contributed by atoms with Crippen LogP contribution in [0.1, 0.15) is 29.8 Å². The lowest BCUT2D eigenvalue weighted by Gasteiger charge is -2.24. The van der Waals surface area contributed by atoms with E-state index in [0.29, 0.717) is 4.90 Å². The van der Waals surface area contributed by atoms with Gasteiger partial charge in [-0.15, -0.1) is 0 Å². The van der Waals surface area contributed by atoms with E-state index in [1.807, 2.05) is 0 Å². The molecule has 32 heavy (non-hydrogen) atoms. The van der Waals surface area contributed by atoms with Gasteiger partial charge in [0, 0.05) is 30.3 Å². The Morgan fingerprint density at radius 2 is 1.59 bits per heavy atom. The van der Waals surface area contributed by atoms with Gasteiger partial charge < -0.3 is 4.90 Å². The lowest BCUT2D eigenvalue weighted by molar-refractivity contribution is -0.385. The van der Waals surface area contributed by atoms with Gasteiger partial charge >= 0.3 is 6.18 Å². The van der Waals surface area contributed by atoms with Crippen LogP contribution < -0.4 is 0 Å². The number of nitrogens with zero attached hydrogens (tertiary/aromatic N) is 3. The molecule has 2 aromatic rings. The van der Waals surface area contributed by atoms with Crippen LogP contribution >= 0.6 is 0 Å². The molecule has 0 radical (unpaired) electrons. The number of hydrogen-bond donors (Lipinski definition) is 0. The standard InChI is InChI=1S/C20H22F3N3O5S/c1-3-25(4-2)32(30,31)17-11-9-15(10-12-17)19(27)24(14-20(21,22)23)13-16-7-5-6-8-18(16)26(28)29/h5-12H,3-4,13-14H2,1-2H3. The summed E-state index contributed by atoms with van der Waals surface area (Å²) in [7, 11) is -3.80. The first kappa shape index (κ1) is 25.3. The van der Waals surface area contributed by atoms with Gasteiger partial charge in [0.15, 0.2) is 0 Å². The average molecular weight is 473 g/mol. The number of amides is 1. The first-order valence-electron chi connectivity index (χ1n) is 9.59. The number of alkyl halides is 3. The Kier molecular flexibility index (Phi) is 7.97. The number of carbonyl (C=O) groups excluding carboxylic acids is 1. The second-order valence-electron chi connectivity index (χ2n) is 6.78. The van der Waals surface area contributed by atoms with Gasteiger partial charge in [-0.25, -0.2) is 8.42 Å². The van der Waals surface area contributed by atoms with Crippen molar-refractivity contribution in [2.75, 3.05) is 19.6 Å². The summed E-state index contributed by atoms with van der Waals surface area (Å²) in [6.45, 7) is 1.52. The topological polar surface area (TPSA) is 101 Å². The van der Waals surface area contributed by atoms with E-state index in [1.165, 1.54) is 22.5 Å². The Bertz CT molecular complexity index is 1070. The van der Waals surface area contributed by atoms with Crippen molar-refractivity contribution in [1.29, 1.82) is 0 Å². The van der Waals surface area contributed by atoms with Gasteiger partial charge in [-0.2, -0.15) is 17.5 Å². The molecule has 0 aliphatic carbocycles. The highest BCUT2D eigenvalue weighted by molar-refractivity contribution is 7.89. The third kappa shape index (κ3) is 6.04. The second-order valence-corrected chi connectivity index (χ2v) is 8.71. The van der Waals surface area contributed by atoms with Gasteiger partial charge in [0.25, 0.3) is 11.6 Å². The number of benzene rings is 2. The van der Waals surface area contributed by atoms with Crippen LogP contribution in [0.15, 0.2) is 53.4 Å². The maximum Gasteiger partial charge on any atom is 0.406 e. The van der Waals surface area contributed by atoms with E-state index >= 15 is 0 Å². The first-order chi connectivity index (χ1) is 14.9. The molecule has 8 nitrogen and oxygen atoms in total. The quantitative estimate of drug-likeness (QED) is 0.407. The van der Waals surface area contributed by atoms with Gasteiger partial charge in [-0.1, -0.05) is 32.0 Å². The van der Waals surface area contributed by atoms with Crippen molar-refractivity contribution in [1.82, 2.24) is 9.21 Å². The number of nitro groups is 1. The minimum Gasteiger partial charge on any atom is -0.325 e. The van der Waals surface area contributed by atoms with Crippen LogP contribution in [-0.4, -0.2) is 54.3 Å². The number of sulfonamides is 1. The maximum absolute atomic E-state index is 13.1. The zero-order chi connectivity index (χ0) is 24.1. The number of para-hydroxylation sites is 1. The molecule has 2 rings (SSSR count). The molecule has 0 bridgehead atoms. The highest BCUT2D eigenvalue weighted by atomic mass is 32.2. The second kappa shape index (κ2) is 10.1. The summed E-state index contributed by atoms with van der Waals surface area (Å²) in [4.78, 5) is 23.6. The predicted molar refractivity (Wildman–Crippen MR) is 110 cm³/mol. The van der Waals surface area contributed by atoms with Gasteiger partial charge in [0.05, 0.1) is 16.4 Å². The lowest BCUT2D eigenvalue weighted by Crippen LogP contribution is -2.38. The molecule has 0 heterocycles. The van der Waals surface area contributed by atoms with Crippen molar-refractivity contribution in [3.63, 3.8) is 0 Å². The molecule has 0 atom stereocenters. The van der Waals surface area contributed by atoms with Crippen LogP contribution in [-0.2, 0) is 16.6 Å². The molecule has 12 heteroatoms. The van der Waals surface area contributed by atoms with E-state index in [2.05, 4.69) is 0 Å². The van der Waals surface area contributed by atoms with E-state index in [1.54, 1.807) is 13.8 Å². The number of carbonyl (C=O) groups is 1. The Balaban J connectivity index is 2.38. The van der Waals surface area contributed by atoms with E-state index in [4.69, 9.17) is 0 Å². The summed E-state index contributed by atoms with van der Waals surface area (Å²) >= 11 is 0. The van der Waals surface area contributed by atoms with Crippen LogP contribution in [0.4, 0.5) is 18.9 Å². The van der Waals surface area contributed by atoms with Crippen LogP contribution in [0.3, 0.4) is 0 Å². The summed E-state index contributed by atoms with van der Waals surface area (Å²) in [5.74, 6) is -1.03. The Morgan fingerprint density at radius 1 is 1.03 bits per heavy atom. The molecule has 0 aliphatic heterocycles. The largest absolute Gasteiger partial charge is 0.406 e. The van der Waals surface area contributed by atoms with Crippen LogP contribution in [0, 0.1) is 10.1 Å². The van der Waals surface area contributed by atoms with Crippen molar-refractivity contribution in [3.8, 4) is 0 Å². The average Bonchev–Trinajstić information content (AvgIpc) is 2.73. The molecular formula is C20H22F3N3O5S. The van der Waals surface area contributed by atoms with Crippen molar-refractivity contribution in [2.45, 2.75) is 31.5 Å². The van der Waals surface area contributed by atoms with Crippen molar-refractivity contribution < 1.29 is 31.3 Å². The fourth-order valence-electron chi connectivity index (χ4n) is 3.11. The van der Waals surface area contributed by atoms with E-state index < -0.39 is 45.8 Å². The van der Waals surface area contributed by atoms with Gasteiger partial charge in [0.1, 0.15) is 6.54 Å². The van der Waals surface area contributed by atoms with Gasteiger partial charge in [-0.05, 0) is 24.3 Å². The fourth-order valence-corrected chi connectivity index (χ4v) is 4.57. The molecule has 0 saturated carbocycles. The highest BCUT2D eigenvalue weighted by Gasteiger charge is 2.34. The molecule has 0 N–H and O–H groups in total. The molecule has 1 amide bonds. The number of hydrogen-bond acceptors (Lipinski definition) is 5. The smallest absolute Gasteiger partial charge is 0.325 e. The third-order valence-electron chi connectivity index (χ3n) is 4.65. The molecule has 0 fully saturated rings. The normalized spacial score (nSPS) is 12.1. The molecule has 0 aromatic heterocycles. The summed E-state index contributed by atoms with van der Waals surface area (Å²) in [5, 5.41) is 11.2. The number of nitro benzene ring substituents is 1. The maximum atomic E-state index is 13.1. The summed E-state index contributed by atoms with van der Waals surface area (Å²) in [6.07, 6.45) is -4.74. The van der Waals surface area contributed by atoms with E-state index in [9.17, 15) is 36.5 Å². The molecule has 0 spiro atoms. The van der Waals surface area contributed by atoms with Crippen molar-refractivity contribution in [2.24, 2.45) is 0 Å². The molecular weight excluding hydrogens is 451 g/mol. The molecule has 0 saturated heterocycles. The SMILES string of the molecule is CCN(CC)S(=O)(=O)c1ccc(C(=O)N(Cc2ccccc2[N+](=O)[O-])CC(F)(F)F)cc1. The minimum atomic E-state index is -4.74. The zero-order valence-electron chi connectivity index (χ0n) is 17.4. The third-order valence-corrected chi connectivity index (χ3v) is 6.72. The Hall–Kier alpha value is -2.99. The fraction of sp³-hybridized carbons (Fsp3) is 0.350. The van der Waals surface area contributed by atoms with E-state index in [-0.39, 0.29) is 29.1 Å². The predicted octanol–water partition coefficient (Wildman–Crippen LogP) is 3.83. The van der Waals surface area contributed by atoms with Crippen molar-refractivity contribution >= 4 is 21.6 Å². The molecule has 0 unspecified atom stereocenters. The molecule has 2 aromatic carbocycles. The van der Waals surface area contributed by atoms with Crippen LogP contribution in [0.25, 0.3) is 0 Å². The summed E-state index contributed by atoms with van der Waals surface area (Å²) in [5.41, 5.74) is -0.643. The number of rotatable bonds is 9. The zero-order valence-corrected chi connectivity index (χ0v) is 18.2. The first-order valence-corrected chi connectivity index (χ1v) is 11.0. The minimum absolute atomic E-state index is 0.0594.